The van der Waals surface area contributed by atoms with Crippen molar-refractivity contribution in [1.29, 1.82) is 5.26 Å². The lowest BCUT2D eigenvalue weighted by Crippen LogP contribution is -2.29. The zero-order valence-corrected chi connectivity index (χ0v) is 14.0. The molecule has 0 bridgehead atoms. The summed E-state index contributed by atoms with van der Waals surface area (Å²) in [6.45, 7) is 1.16. The summed E-state index contributed by atoms with van der Waals surface area (Å²) in [5, 5.41) is 9.52. The number of nitrogens with zero attached hydrogens (tertiary/aromatic N) is 2. The second-order valence-electron chi connectivity index (χ2n) is 6.34. The maximum Gasteiger partial charge on any atom is 0.337 e. The van der Waals surface area contributed by atoms with Crippen LogP contribution in [-0.2, 0) is 4.74 Å². The molecule has 25 heavy (non-hydrogen) atoms. The predicted octanol–water partition coefficient (Wildman–Crippen LogP) is 3.75. The molecule has 0 amide bonds. The van der Waals surface area contributed by atoms with Crippen molar-refractivity contribution in [2.24, 2.45) is 0 Å². The molecule has 2 aromatic carbocycles. The summed E-state index contributed by atoms with van der Waals surface area (Å²) in [5.41, 5.74) is 4.16. The number of carbonyl (C=O) groups is 1. The largest absolute Gasteiger partial charge is 0.490 e. The summed E-state index contributed by atoms with van der Waals surface area (Å²) in [6.07, 6.45) is 2.43. The van der Waals surface area contributed by atoms with Gasteiger partial charge < -0.3 is 14.4 Å². The van der Waals surface area contributed by atoms with Crippen LogP contribution in [0.5, 0.6) is 5.75 Å². The second-order valence-corrected chi connectivity index (χ2v) is 6.34. The molecular weight excluding hydrogens is 316 g/mol. The Balaban J connectivity index is 1.77. The Morgan fingerprint density at radius 2 is 2.08 bits per heavy atom. The van der Waals surface area contributed by atoms with Crippen molar-refractivity contribution >= 4 is 17.3 Å². The van der Waals surface area contributed by atoms with Crippen molar-refractivity contribution in [3.63, 3.8) is 0 Å². The van der Waals surface area contributed by atoms with E-state index >= 15 is 0 Å². The van der Waals surface area contributed by atoms with Crippen molar-refractivity contribution in [3.8, 4) is 11.8 Å². The molecule has 0 aromatic heterocycles. The van der Waals surface area contributed by atoms with Crippen molar-refractivity contribution in [1.82, 2.24) is 0 Å². The third-order valence-corrected chi connectivity index (χ3v) is 4.73. The predicted molar refractivity (Wildman–Crippen MR) is 93.4 cm³/mol. The topological polar surface area (TPSA) is 62.6 Å². The molecule has 1 fully saturated rings. The highest BCUT2D eigenvalue weighted by Gasteiger charge is 2.27. The molecule has 0 unspecified atom stereocenters. The fourth-order valence-corrected chi connectivity index (χ4v) is 3.25. The molecule has 1 aliphatic heterocycles. The van der Waals surface area contributed by atoms with Crippen LogP contribution in [0.15, 0.2) is 36.4 Å². The average Bonchev–Trinajstić information content (AvgIpc) is 3.51. The van der Waals surface area contributed by atoms with Gasteiger partial charge in [0.2, 0.25) is 0 Å². The zero-order valence-electron chi connectivity index (χ0n) is 14.0. The fraction of sp³-hybridized carbons (Fsp3) is 0.300. The van der Waals surface area contributed by atoms with Crippen LogP contribution in [0.2, 0.25) is 0 Å². The van der Waals surface area contributed by atoms with Gasteiger partial charge in [-0.15, -0.1) is 0 Å². The number of hydrogen-bond donors (Lipinski definition) is 0. The Kier molecular flexibility index (Phi) is 3.81. The van der Waals surface area contributed by atoms with Gasteiger partial charge in [0.25, 0.3) is 0 Å². The molecule has 2 aromatic rings. The molecule has 0 spiro atoms. The van der Waals surface area contributed by atoms with Gasteiger partial charge >= 0.3 is 5.97 Å². The van der Waals surface area contributed by atoms with Crippen molar-refractivity contribution in [2.45, 2.75) is 18.8 Å². The first-order valence-electron chi connectivity index (χ1n) is 8.38. The Morgan fingerprint density at radius 1 is 1.24 bits per heavy atom. The van der Waals surface area contributed by atoms with E-state index in [4.69, 9.17) is 9.47 Å². The molecule has 5 heteroatoms. The van der Waals surface area contributed by atoms with Crippen LogP contribution in [0.3, 0.4) is 0 Å². The smallest absolute Gasteiger partial charge is 0.337 e. The number of benzene rings is 2. The fourth-order valence-electron chi connectivity index (χ4n) is 3.25. The van der Waals surface area contributed by atoms with E-state index < -0.39 is 5.97 Å². The second kappa shape index (κ2) is 6.14. The van der Waals surface area contributed by atoms with Crippen LogP contribution in [0.4, 0.5) is 11.4 Å². The molecule has 126 valence electrons. The van der Waals surface area contributed by atoms with Crippen molar-refractivity contribution in [3.05, 3.63) is 53.1 Å². The van der Waals surface area contributed by atoms with Crippen LogP contribution in [-0.4, -0.2) is 26.2 Å². The highest BCUT2D eigenvalue weighted by Crippen LogP contribution is 2.44. The number of rotatable bonds is 3. The van der Waals surface area contributed by atoms with Crippen LogP contribution >= 0.6 is 0 Å². The van der Waals surface area contributed by atoms with Crippen LogP contribution in [0, 0.1) is 11.3 Å². The normalized spacial score (nSPS) is 15.8. The van der Waals surface area contributed by atoms with Crippen LogP contribution in [0.1, 0.15) is 40.2 Å². The standard InChI is InChI=1S/C20H18N2O3/c1-24-20(23)15-6-7-17-19(11-15)25-9-8-22(17)18-10-14(13-2-3-13)4-5-16(18)12-21/h4-7,10-11,13H,2-3,8-9H2,1H3. The van der Waals surface area contributed by atoms with E-state index in [-0.39, 0.29) is 0 Å². The first-order valence-corrected chi connectivity index (χ1v) is 8.38. The summed E-state index contributed by atoms with van der Waals surface area (Å²) < 4.78 is 10.5. The highest BCUT2D eigenvalue weighted by atomic mass is 16.5. The average molecular weight is 334 g/mol. The number of nitriles is 1. The summed E-state index contributed by atoms with van der Waals surface area (Å²) in [7, 11) is 1.36. The third kappa shape index (κ3) is 2.80. The minimum atomic E-state index is -0.392. The van der Waals surface area contributed by atoms with Gasteiger partial charge in [-0.05, 0) is 54.7 Å². The van der Waals surface area contributed by atoms with Gasteiger partial charge in [-0.1, -0.05) is 6.07 Å². The Hall–Kier alpha value is -3.00. The van der Waals surface area contributed by atoms with E-state index in [1.165, 1.54) is 25.5 Å². The molecule has 0 radical (unpaired) electrons. The van der Waals surface area contributed by atoms with Gasteiger partial charge in [0.1, 0.15) is 18.4 Å². The Morgan fingerprint density at radius 3 is 2.80 bits per heavy atom. The lowest BCUT2D eigenvalue weighted by Gasteiger charge is -2.32. The van der Waals surface area contributed by atoms with E-state index in [0.717, 1.165) is 11.4 Å². The minimum absolute atomic E-state index is 0.392. The number of methoxy groups -OCH3 is 1. The van der Waals surface area contributed by atoms with E-state index in [0.29, 0.717) is 35.9 Å². The Labute approximate surface area is 146 Å². The Bertz CT molecular complexity index is 881. The van der Waals surface area contributed by atoms with Gasteiger partial charge in [0.15, 0.2) is 0 Å². The molecular formula is C20H18N2O3. The summed E-state index contributed by atoms with van der Waals surface area (Å²) in [6, 6.07) is 13.7. The molecule has 1 heterocycles. The van der Waals surface area contributed by atoms with E-state index in [9.17, 15) is 10.1 Å². The highest BCUT2D eigenvalue weighted by molar-refractivity contribution is 5.91. The molecule has 0 saturated heterocycles. The molecule has 2 aliphatic rings. The molecule has 0 N–H and O–H groups in total. The van der Waals surface area contributed by atoms with Crippen LogP contribution in [0.25, 0.3) is 0 Å². The molecule has 1 aliphatic carbocycles. The quantitative estimate of drug-likeness (QED) is 0.800. The van der Waals surface area contributed by atoms with Gasteiger partial charge in [-0.25, -0.2) is 4.79 Å². The van der Waals surface area contributed by atoms with Gasteiger partial charge in [-0.2, -0.15) is 5.26 Å². The summed E-state index contributed by atoms with van der Waals surface area (Å²) in [5.74, 6) is 0.862. The summed E-state index contributed by atoms with van der Waals surface area (Å²) >= 11 is 0. The van der Waals surface area contributed by atoms with Crippen molar-refractivity contribution < 1.29 is 14.3 Å². The number of anilines is 2. The van der Waals surface area contributed by atoms with Crippen LogP contribution < -0.4 is 9.64 Å². The van der Waals surface area contributed by atoms with E-state index in [1.807, 2.05) is 12.1 Å². The van der Waals surface area contributed by atoms with Crippen molar-refractivity contribution in [2.75, 3.05) is 25.2 Å². The molecule has 1 saturated carbocycles. The number of ether oxygens (including phenoxy) is 2. The number of fused-ring (bicyclic) bond motifs is 1. The maximum absolute atomic E-state index is 11.7. The molecule has 5 nitrogen and oxygen atoms in total. The number of carbonyl (C=O) groups excluding carboxylic acids is 1. The lowest BCUT2D eigenvalue weighted by atomic mass is 10.0. The monoisotopic (exact) mass is 334 g/mol. The number of esters is 1. The minimum Gasteiger partial charge on any atom is -0.490 e. The molecule has 4 rings (SSSR count). The zero-order chi connectivity index (χ0) is 17.4. The summed E-state index contributed by atoms with van der Waals surface area (Å²) in [4.78, 5) is 13.8. The maximum atomic E-state index is 11.7. The lowest BCUT2D eigenvalue weighted by molar-refractivity contribution is 0.0600. The third-order valence-electron chi connectivity index (χ3n) is 4.73. The first-order chi connectivity index (χ1) is 12.2. The first kappa shape index (κ1) is 15.5. The van der Waals surface area contributed by atoms with E-state index in [1.54, 1.807) is 12.1 Å². The SMILES string of the molecule is COC(=O)c1ccc2c(c1)OCCN2c1cc(C2CC2)ccc1C#N. The van der Waals surface area contributed by atoms with E-state index in [2.05, 4.69) is 23.1 Å². The number of hydrogen-bond acceptors (Lipinski definition) is 5. The van der Waals surface area contributed by atoms with Gasteiger partial charge in [0.05, 0.1) is 36.2 Å². The molecule has 0 atom stereocenters. The van der Waals surface area contributed by atoms with Gasteiger partial charge in [-0.3, -0.25) is 0 Å². The van der Waals surface area contributed by atoms with Gasteiger partial charge in [0, 0.05) is 0 Å².